The fourth-order valence-corrected chi connectivity index (χ4v) is 2.94. The SMILES string of the molecule is CNC(=O)c1cccc([N+](=O)[O-])c1NC[C@@H]1CCN(C(=O)OC(C)(C)C)C1. The first-order chi connectivity index (χ1) is 12.6. The number of ether oxygens (including phenoxy) is 1. The zero-order valence-corrected chi connectivity index (χ0v) is 16.1. The van der Waals surface area contributed by atoms with Crippen molar-refractivity contribution < 1.29 is 19.2 Å². The highest BCUT2D eigenvalue weighted by Gasteiger charge is 2.30. The van der Waals surface area contributed by atoms with Gasteiger partial charge in [-0.25, -0.2) is 4.79 Å². The molecule has 0 aliphatic carbocycles. The van der Waals surface area contributed by atoms with Crippen LogP contribution in [0.4, 0.5) is 16.2 Å². The summed E-state index contributed by atoms with van der Waals surface area (Å²) in [5.74, 6) is -0.294. The zero-order valence-electron chi connectivity index (χ0n) is 16.1. The Balaban J connectivity index is 2.06. The average molecular weight is 378 g/mol. The summed E-state index contributed by atoms with van der Waals surface area (Å²) in [5.41, 5.74) is -0.301. The van der Waals surface area contributed by atoms with E-state index in [4.69, 9.17) is 4.74 Å². The smallest absolute Gasteiger partial charge is 0.410 e. The van der Waals surface area contributed by atoms with Crippen molar-refractivity contribution in [2.24, 2.45) is 5.92 Å². The first kappa shape index (κ1) is 20.5. The Morgan fingerprint density at radius 3 is 2.67 bits per heavy atom. The van der Waals surface area contributed by atoms with E-state index < -0.39 is 16.4 Å². The standard InChI is InChI=1S/C18H26N4O5/c1-18(2,3)27-17(24)21-9-8-12(11-21)10-20-15-13(16(23)19-4)6-5-7-14(15)22(25)26/h5-7,12,20H,8-11H2,1-4H3,(H,19,23)/t12-/m0/s1. The van der Waals surface area contributed by atoms with Crippen LogP contribution in [0.5, 0.6) is 0 Å². The summed E-state index contributed by atoms with van der Waals surface area (Å²) in [5, 5.41) is 16.9. The van der Waals surface area contributed by atoms with Crippen LogP contribution in [0.2, 0.25) is 0 Å². The summed E-state index contributed by atoms with van der Waals surface area (Å²) < 4.78 is 5.37. The van der Waals surface area contributed by atoms with E-state index in [-0.39, 0.29) is 28.9 Å². The van der Waals surface area contributed by atoms with E-state index in [0.29, 0.717) is 19.6 Å². The van der Waals surface area contributed by atoms with Gasteiger partial charge in [0, 0.05) is 32.7 Å². The third kappa shape index (κ3) is 5.32. The van der Waals surface area contributed by atoms with Gasteiger partial charge in [-0.2, -0.15) is 0 Å². The van der Waals surface area contributed by atoms with Crippen LogP contribution in [0.25, 0.3) is 0 Å². The molecule has 1 heterocycles. The van der Waals surface area contributed by atoms with Gasteiger partial charge in [0.1, 0.15) is 11.3 Å². The molecule has 1 atom stereocenters. The number of hydrogen-bond donors (Lipinski definition) is 2. The quantitative estimate of drug-likeness (QED) is 0.601. The number of amides is 2. The van der Waals surface area contributed by atoms with Gasteiger partial charge in [0.25, 0.3) is 11.6 Å². The first-order valence-electron chi connectivity index (χ1n) is 8.83. The molecule has 1 aliphatic heterocycles. The van der Waals surface area contributed by atoms with E-state index >= 15 is 0 Å². The second-order valence-corrected chi connectivity index (χ2v) is 7.50. The largest absolute Gasteiger partial charge is 0.444 e. The van der Waals surface area contributed by atoms with Crippen molar-refractivity contribution in [2.75, 3.05) is 32.0 Å². The van der Waals surface area contributed by atoms with Crippen molar-refractivity contribution in [3.8, 4) is 0 Å². The number of benzene rings is 1. The van der Waals surface area contributed by atoms with Gasteiger partial charge in [-0.15, -0.1) is 0 Å². The third-order valence-electron chi connectivity index (χ3n) is 4.22. The Morgan fingerprint density at radius 2 is 2.07 bits per heavy atom. The number of likely N-dealkylation sites (tertiary alicyclic amines) is 1. The van der Waals surface area contributed by atoms with E-state index in [1.807, 2.05) is 20.8 Å². The average Bonchev–Trinajstić information content (AvgIpc) is 3.06. The molecule has 148 valence electrons. The number of rotatable bonds is 5. The Kier molecular flexibility index (Phi) is 6.24. The Hall–Kier alpha value is -2.84. The van der Waals surface area contributed by atoms with Crippen LogP contribution < -0.4 is 10.6 Å². The highest BCUT2D eigenvalue weighted by Crippen LogP contribution is 2.29. The number of carbonyl (C=O) groups is 2. The number of nitrogens with one attached hydrogen (secondary N) is 2. The van der Waals surface area contributed by atoms with Gasteiger partial charge < -0.3 is 20.3 Å². The normalized spacial score (nSPS) is 16.7. The van der Waals surface area contributed by atoms with E-state index in [1.165, 1.54) is 25.2 Å². The minimum Gasteiger partial charge on any atom is -0.444 e. The maximum absolute atomic E-state index is 12.1. The summed E-state index contributed by atoms with van der Waals surface area (Å²) in [7, 11) is 1.47. The van der Waals surface area contributed by atoms with Crippen molar-refractivity contribution in [1.29, 1.82) is 0 Å². The number of para-hydroxylation sites is 1. The van der Waals surface area contributed by atoms with E-state index in [9.17, 15) is 19.7 Å². The molecule has 0 unspecified atom stereocenters. The lowest BCUT2D eigenvalue weighted by molar-refractivity contribution is -0.384. The van der Waals surface area contributed by atoms with Crippen molar-refractivity contribution in [2.45, 2.75) is 32.8 Å². The van der Waals surface area contributed by atoms with Gasteiger partial charge in [0.2, 0.25) is 0 Å². The summed E-state index contributed by atoms with van der Waals surface area (Å²) in [6.45, 7) is 6.92. The summed E-state index contributed by atoms with van der Waals surface area (Å²) in [4.78, 5) is 36.6. The molecule has 0 radical (unpaired) electrons. The predicted octanol–water partition coefficient (Wildman–Crippen LogP) is 2.62. The molecule has 1 fully saturated rings. The number of nitro groups is 1. The molecular weight excluding hydrogens is 352 g/mol. The fraction of sp³-hybridized carbons (Fsp3) is 0.556. The monoisotopic (exact) mass is 378 g/mol. The molecule has 2 N–H and O–H groups in total. The Labute approximate surface area is 158 Å². The topological polar surface area (TPSA) is 114 Å². The van der Waals surface area contributed by atoms with Gasteiger partial charge in [-0.1, -0.05) is 6.07 Å². The van der Waals surface area contributed by atoms with E-state index in [0.717, 1.165) is 6.42 Å². The van der Waals surface area contributed by atoms with Gasteiger partial charge >= 0.3 is 6.09 Å². The Morgan fingerprint density at radius 1 is 1.37 bits per heavy atom. The van der Waals surface area contributed by atoms with Crippen LogP contribution in [0, 0.1) is 16.0 Å². The van der Waals surface area contributed by atoms with Crippen molar-refractivity contribution >= 4 is 23.4 Å². The minimum absolute atomic E-state index is 0.106. The molecule has 1 aromatic carbocycles. The summed E-state index contributed by atoms with van der Waals surface area (Å²) >= 11 is 0. The lowest BCUT2D eigenvalue weighted by atomic mass is 10.1. The molecule has 1 aromatic rings. The van der Waals surface area contributed by atoms with Crippen molar-refractivity contribution in [1.82, 2.24) is 10.2 Å². The number of nitro benzene ring substituents is 1. The number of nitrogens with zero attached hydrogens (tertiary/aromatic N) is 2. The number of carbonyl (C=O) groups excluding carboxylic acids is 2. The highest BCUT2D eigenvalue weighted by atomic mass is 16.6. The number of hydrogen-bond acceptors (Lipinski definition) is 6. The van der Waals surface area contributed by atoms with Crippen LogP contribution in [0.15, 0.2) is 18.2 Å². The predicted molar refractivity (Wildman–Crippen MR) is 101 cm³/mol. The summed E-state index contributed by atoms with van der Waals surface area (Å²) in [6, 6.07) is 4.37. The van der Waals surface area contributed by atoms with Gasteiger partial charge in [0.05, 0.1) is 10.5 Å². The van der Waals surface area contributed by atoms with Crippen molar-refractivity contribution in [3.05, 3.63) is 33.9 Å². The van der Waals surface area contributed by atoms with Crippen LogP contribution in [-0.4, -0.2) is 54.1 Å². The van der Waals surface area contributed by atoms with Gasteiger partial charge in [-0.05, 0) is 39.2 Å². The number of anilines is 1. The lowest BCUT2D eigenvalue weighted by Gasteiger charge is -2.24. The molecular formula is C18H26N4O5. The molecule has 27 heavy (non-hydrogen) atoms. The van der Waals surface area contributed by atoms with Crippen LogP contribution in [0.1, 0.15) is 37.6 Å². The molecule has 9 nitrogen and oxygen atoms in total. The van der Waals surface area contributed by atoms with Gasteiger partial charge in [0.15, 0.2) is 0 Å². The molecule has 0 spiro atoms. The molecule has 0 bridgehead atoms. The first-order valence-corrected chi connectivity index (χ1v) is 8.83. The zero-order chi connectivity index (χ0) is 20.2. The fourth-order valence-electron chi connectivity index (χ4n) is 2.94. The minimum atomic E-state index is -0.555. The molecule has 9 heteroatoms. The maximum atomic E-state index is 12.1. The van der Waals surface area contributed by atoms with Crippen molar-refractivity contribution in [3.63, 3.8) is 0 Å². The summed E-state index contributed by atoms with van der Waals surface area (Å²) in [6.07, 6.45) is 0.393. The van der Waals surface area contributed by atoms with E-state index in [1.54, 1.807) is 4.90 Å². The highest BCUT2D eigenvalue weighted by molar-refractivity contribution is 6.01. The Bertz CT molecular complexity index is 729. The molecule has 1 saturated heterocycles. The molecule has 2 amide bonds. The second kappa shape index (κ2) is 8.24. The molecule has 1 aliphatic rings. The second-order valence-electron chi connectivity index (χ2n) is 7.50. The van der Waals surface area contributed by atoms with E-state index in [2.05, 4.69) is 10.6 Å². The lowest BCUT2D eigenvalue weighted by Crippen LogP contribution is -2.35. The van der Waals surface area contributed by atoms with Gasteiger partial charge in [-0.3, -0.25) is 14.9 Å². The van der Waals surface area contributed by atoms with Crippen LogP contribution in [-0.2, 0) is 4.74 Å². The van der Waals surface area contributed by atoms with Crippen LogP contribution >= 0.6 is 0 Å². The van der Waals surface area contributed by atoms with Crippen LogP contribution in [0.3, 0.4) is 0 Å². The maximum Gasteiger partial charge on any atom is 0.410 e. The molecule has 0 aromatic heterocycles. The molecule has 2 rings (SSSR count). The third-order valence-corrected chi connectivity index (χ3v) is 4.22. The molecule has 0 saturated carbocycles.